The Morgan fingerprint density at radius 3 is 2.21 bits per heavy atom. The molecule has 1 aliphatic heterocycles. The van der Waals surface area contributed by atoms with E-state index < -0.39 is 23.7 Å². The van der Waals surface area contributed by atoms with E-state index in [0.717, 1.165) is 22.5 Å². The largest absolute Gasteiger partial charge is 0.507 e. The van der Waals surface area contributed by atoms with Crippen LogP contribution in [0, 0.1) is 20.8 Å². The second-order valence-corrected chi connectivity index (χ2v) is 9.05. The lowest BCUT2D eigenvalue weighted by molar-refractivity contribution is -0.132. The van der Waals surface area contributed by atoms with Crippen molar-refractivity contribution in [2.24, 2.45) is 0 Å². The summed E-state index contributed by atoms with van der Waals surface area (Å²) in [6, 6.07) is 13.5. The van der Waals surface area contributed by atoms with Gasteiger partial charge in [0.25, 0.3) is 5.78 Å². The second-order valence-electron chi connectivity index (χ2n) is 8.08. The number of ether oxygens (including phenoxy) is 1. The SMILES string of the molecule is CCOC(=O)c1sc(N2C(=O)C(=O)C(=C(O)c3ccc(C)cc3)[C@@H]2c2ccc(C)cc2)nc1C. The summed E-state index contributed by atoms with van der Waals surface area (Å²) in [5.41, 5.74) is 3.46. The predicted molar refractivity (Wildman–Crippen MR) is 130 cm³/mol. The maximum absolute atomic E-state index is 13.3. The molecule has 174 valence electrons. The number of aromatic nitrogens is 1. The highest BCUT2D eigenvalue weighted by atomic mass is 32.1. The first-order valence-corrected chi connectivity index (χ1v) is 11.6. The zero-order valence-electron chi connectivity index (χ0n) is 19.3. The number of ketones is 1. The van der Waals surface area contributed by atoms with Crippen molar-refractivity contribution in [1.82, 2.24) is 4.98 Å². The molecule has 0 radical (unpaired) electrons. The third-order valence-electron chi connectivity index (χ3n) is 5.61. The van der Waals surface area contributed by atoms with Gasteiger partial charge in [-0.2, -0.15) is 0 Å². The number of aryl methyl sites for hydroxylation is 3. The summed E-state index contributed by atoms with van der Waals surface area (Å²) in [6.07, 6.45) is 0. The molecular formula is C26H24N2O5S. The Morgan fingerprint density at radius 2 is 1.62 bits per heavy atom. The van der Waals surface area contributed by atoms with Crippen LogP contribution < -0.4 is 4.90 Å². The summed E-state index contributed by atoms with van der Waals surface area (Å²) in [5, 5.41) is 11.3. The number of nitrogens with zero attached hydrogens (tertiary/aromatic N) is 2. The Hall–Kier alpha value is -3.78. The molecule has 8 heteroatoms. The van der Waals surface area contributed by atoms with Crippen LogP contribution in [0.25, 0.3) is 5.76 Å². The summed E-state index contributed by atoms with van der Waals surface area (Å²) in [7, 11) is 0. The van der Waals surface area contributed by atoms with E-state index in [0.29, 0.717) is 16.8 Å². The first-order chi connectivity index (χ1) is 16.2. The molecule has 0 spiro atoms. The van der Waals surface area contributed by atoms with Crippen LogP contribution in [-0.2, 0) is 14.3 Å². The third-order valence-corrected chi connectivity index (χ3v) is 6.75. The highest BCUT2D eigenvalue weighted by Crippen LogP contribution is 2.44. The highest BCUT2D eigenvalue weighted by molar-refractivity contribution is 7.17. The van der Waals surface area contributed by atoms with Crippen molar-refractivity contribution >= 4 is 39.9 Å². The van der Waals surface area contributed by atoms with Gasteiger partial charge in [-0.15, -0.1) is 0 Å². The van der Waals surface area contributed by atoms with Gasteiger partial charge in [-0.05, 0) is 33.3 Å². The van der Waals surface area contributed by atoms with Crippen LogP contribution in [0.5, 0.6) is 0 Å². The number of aliphatic hydroxyl groups is 1. The number of rotatable bonds is 5. The molecule has 2 aromatic carbocycles. The second kappa shape index (κ2) is 9.23. The maximum atomic E-state index is 13.3. The van der Waals surface area contributed by atoms with Crippen LogP contribution in [0.4, 0.5) is 5.13 Å². The lowest BCUT2D eigenvalue weighted by Gasteiger charge is -2.23. The van der Waals surface area contributed by atoms with Gasteiger partial charge < -0.3 is 9.84 Å². The average molecular weight is 477 g/mol. The molecule has 1 atom stereocenters. The van der Waals surface area contributed by atoms with Crippen LogP contribution in [0.3, 0.4) is 0 Å². The van der Waals surface area contributed by atoms with Gasteiger partial charge in [0.05, 0.1) is 23.9 Å². The first-order valence-electron chi connectivity index (χ1n) is 10.8. The van der Waals surface area contributed by atoms with Gasteiger partial charge >= 0.3 is 11.9 Å². The van der Waals surface area contributed by atoms with Crippen molar-refractivity contribution in [3.8, 4) is 0 Å². The highest BCUT2D eigenvalue weighted by Gasteiger charge is 2.48. The van der Waals surface area contributed by atoms with E-state index in [9.17, 15) is 19.5 Å². The summed E-state index contributed by atoms with van der Waals surface area (Å²) in [4.78, 5) is 44.8. The Bertz CT molecular complexity index is 1310. The quantitative estimate of drug-likeness (QED) is 0.244. The predicted octanol–water partition coefficient (Wildman–Crippen LogP) is 4.87. The number of thiazole rings is 1. The molecule has 1 fully saturated rings. The zero-order chi connectivity index (χ0) is 24.6. The summed E-state index contributed by atoms with van der Waals surface area (Å²) in [6.45, 7) is 7.41. The zero-order valence-corrected chi connectivity index (χ0v) is 20.1. The number of aliphatic hydroxyl groups excluding tert-OH is 1. The van der Waals surface area contributed by atoms with E-state index in [-0.39, 0.29) is 27.9 Å². The smallest absolute Gasteiger partial charge is 0.350 e. The van der Waals surface area contributed by atoms with Gasteiger partial charge in [-0.3, -0.25) is 14.5 Å². The Labute approximate surface area is 201 Å². The molecular weight excluding hydrogens is 452 g/mol. The molecule has 3 aromatic rings. The summed E-state index contributed by atoms with van der Waals surface area (Å²) < 4.78 is 5.10. The van der Waals surface area contributed by atoms with Gasteiger partial charge in [0.2, 0.25) is 0 Å². The fourth-order valence-electron chi connectivity index (χ4n) is 3.83. The summed E-state index contributed by atoms with van der Waals surface area (Å²) in [5.74, 6) is -2.42. The number of benzene rings is 2. The molecule has 4 rings (SSSR count). The van der Waals surface area contributed by atoms with Crippen molar-refractivity contribution < 1.29 is 24.2 Å². The third kappa shape index (κ3) is 4.12. The van der Waals surface area contributed by atoms with Crippen molar-refractivity contribution in [3.05, 3.63) is 86.9 Å². The Kier molecular flexibility index (Phi) is 6.34. The Morgan fingerprint density at radius 1 is 1.03 bits per heavy atom. The van der Waals surface area contributed by atoms with Crippen LogP contribution in [0.2, 0.25) is 0 Å². The molecule has 0 aliphatic carbocycles. The first kappa shape index (κ1) is 23.4. The van der Waals surface area contributed by atoms with Gasteiger partial charge in [0, 0.05) is 5.56 Å². The number of Topliss-reactive ketones (excluding diaryl/α,β-unsaturated/α-hetero) is 1. The fourth-order valence-corrected chi connectivity index (χ4v) is 4.82. The molecule has 0 bridgehead atoms. The van der Waals surface area contributed by atoms with Crippen LogP contribution in [0.1, 0.15) is 50.6 Å². The van der Waals surface area contributed by atoms with Crippen LogP contribution in [-0.4, -0.2) is 34.4 Å². The van der Waals surface area contributed by atoms with Crippen molar-refractivity contribution in [2.75, 3.05) is 11.5 Å². The lowest BCUT2D eigenvalue weighted by Crippen LogP contribution is -2.29. The minimum absolute atomic E-state index is 0.0248. The number of carbonyl (C=O) groups is 3. The molecule has 1 amide bonds. The Balaban J connectivity index is 1.90. The lowest BCUT2D eigenvalue weighted by atomic mass is 9.94. The van der Waals surface area contributed by atoms with Crippen molar-refractivity contribution in [2.45, 2.75) is 33.7 Å². The van der Waals surface area contributed by atoms with Crippen LogP contribution >= 0.6 is 11.3 Å². The minimum atomic E-state index is -0.900. The molecule has 1 saturated heterocycles. The van der Waals surface area contributed by atoms with Crippen molar-refractivity contribution in [3.63, 3.8) is 0 Å². The number of hydrogen-bond donors (Lipinski definition) is 1. The molecule has 1 aliphatic rings. The molecule has 2 heterocycles. The topological polar surface area (TPSA) is 96.8 Å². The fraction of sp³-hybridized carbons (Fsp3) is 0.231. The number of carbonyl (C=O) groups excluding carboxylic acids is 3. The average Bonchev–Trinajstić information content (AvgIpc) is 3.31. The number of esters is 1. The molecule has 7 nitrogen and oxygen atoms in total. The molecule has 34 heavy (non-hydrogen) atoms. The van der Waals surface area contributed by atoms with Gasteiger partial charge in [-0.1, -0.05) is 71.0 Å². The van der Waals surface area contributed by atoms with Crippen molar-refractivity contribution in [1.29, 1.82) is 0 Å². The van der Waals surface area contributed by atoms with E-state index in [1.165, 1.54) is 4.90 Å². The van der Waals surface area contributed by atoms with Gasteiger partial charge in [0.15, 0.2) is 5.13 Å². The van der Waals surface area contributed by atoms with Gasteiger partial charge in [-0.25, -0.2) is 9.78 Å². The molecule has 0 unspecified atom stereocenters. The minimum Gasteiger partial charge on any atom is -0.507 e. The van der Waals surface area contributed by atoms with Gasteiger partial charge in [0.1, 0.15) is 10.6 Å². The van der Waals surface area contributed by atoms with E-state index in [1.54, 1.807) is 26.0 Å². The van der Waals surface area contributed by atoms with Crippen LogP contribution in [0.15, 0.2) is 54.1 Å². The standard InChI is InChI=1S/C26H24N2O5S/c1-5-33-25(32)23-16(4)27-26(34-23)28-20(17-10-6-14(2)7-11-17)19(22(30)24(28)31)21(29)18-12-8-15(3)9-13-18/h6-13,20,29H,5H2,1-4H3/t20-/m0/s1. The number of anilines is 1. The number of amides is 1. The molecule has 1 aromatic heterocycles. The normalized spacial score (nSPS) is 17.3. The maximum Gasteiger partial charge on any atom is 0.350 e. The number of hydrogen-bond acceptors (Lipinski definition) is 7. The molecule has 1 N–H and O–H groups in total. The van der Waals surface area contributed by atoms with E-state index in [2.05, 4.69) is 4.98 Å². The van der Waals surface area contributed by atoms with E-state index in [4.69, 9.17) is 4.74 Å². The molecule has 0 saturated carbocycles. The van der Waals surface area contributed by atoms with E-state index in [1.807, 2.05) is 50.2 Å². The summed E-state index contributed by atoms with van der Waals surface area (Å²) >= 11 is 0.987. The monoisotopic (exact) mass is 476 g/mol. The van der Waals surface area contributed by atoms with E-state index >= 15 is 0 Å².